The number of amides is 1. The highest BCUT2D eigenvalue weighted by Crippen LogP contribution is 2.29. The van der Waals surface area contributed by atoms with Gasteiger partial charge < -0.3 is 19.1 Å². The number of nitrogens with zero attached hydrogens (tertiary/aromatic N) is 4. The summed E-state index contributed by atoms with van der Waals surface area (Å²) < 4.78 is 18.4. The number of ether oxygens (including phenoxy) is 3. The van der Waals surface area contributed by atoms with Crippen molar-refractivity contribution < 1.29 is 23.8 Å². The number of fused-ring (bicyclic) bond motifs is 1. The molecule has 2 heterocycles. The van der Waals surface area contributed by atoms with Gasteiger partial charge in [0.2, 0.25) is 0 Å². The number of hydrogen-bond donors (Lipinski definition) is 0. The standard InChI is InChI=1S/C30H38N4O5Si/c1-7-39-26-16-23(13-12-22(26)11-10-21-8-9-21)29(35)33(2)19-24-17-31-27(30(36)37-3)25-18-32-34(28(24)25)20-38-14-15-40(4,5)6/h12-13,16-18,21H,7-9,14-15,19-20H2,1-6H3. The predicted molar refractivity (Wildman–Crippen MR) is 156 cm³/mol. The summed E-state index contributed by atoms with van der Waals surface area (Å²) in [5.74, 6) is 6.81. The molecule has 0 saturated heterocycles. The average molecular weight is 563 g/mol. The molecule has 1 amide bonds. The van der Waals surface area contributed by atoms with Crippen molar-refractivity contribution in [1.82, 2.24) is 19.7 Å². The van der Waals surface area contributed by atoms with Gasteiger partial charge in [-0.15, -0.1) is 0 Å². The zero-order chi connectivity index (χ0) is 28.9. The summed E-state index contributed by atoms with van der Waals surface area (Å²) in [7, 11) is 1.80. The van der Waals surface area contributed by atoms with Crippen LogP contribution in [0, 0.1) is 17.8 Å². The Labute approximate surface area is 236 Å². The number of esters is 1. The van der Waals surface area contributed by atoms with Gasteiger partial charge in [0.05, 0.1) is 36.4 Å². The minimum atomic E-state index is -1.25. The molecule has 1 fully saturated rings. The molecular weight excluding hydrogens is 524 g/mol. The van der Waals surface area contributed by atoms with Gasteiger partial charge in [-0.05, 0) is 44.0 Å². The van der Waals surface area contributed by atoms with Crippen molar-refractivity contribution in [3.05, 3.63) is 53.0 Å². The first-order valence-electron chi connectivity index (χ1n) is 13.6. The van der Waals surface area contributed by atoms with Gasteiger partial charge >= 0.3 is 5.97 Å². The van der Waals surface area contributed by atoms with E-state index in [0.29, 0.717) is 41.3 Å². The first-order valence-corrected chi connectivity index (χ1v) is 17.3. The van der Waals surface area contributed by atoms with Crippen molar-refractivity contribution >= 4 is 30.9 Å². The second-order valence-electron chi connectivity index (χ2n) is 11.2. The summed E-state index contributed by atoms with van der Waals surface area (Å²) in [6, 6.07) is 6.41. The van der Waals surface area contributed by atoms with E-state index < -0.39 is 14.0 Å². The summed E-state index contributed by atoms with van der Waals surface area (Å²) in [6.07, 6.45) is 5.48. The number of carbonyl (C=O) groups is 2. The quantitative estimate of drug-likeness (QED) is 0.141. The zero-order valence-corrected chi connectivity index (χ0v) is 25.2. The number of rotatable bonds is 11. The molecule has 10 heteroatoms. The molecule has 0 bridgehead atoms. The minimum absolute atomic E-state index is 0.174. The molecule has 212 valence electrons. The number of methoxy groups -OCH3 is 1. The smallest absolute Gasteiger partial charge is 0.357 e. The first-order chi connectivity index (χ1) is 19.1. The fraction of sp³-hybridized carbons (Fsp3) is 0.467. The summed E-state index contributed by atoms with van der Waals surface area (Å²) in [6.45, 7) is 10.4. The Bertz CT molecular complexity index is 1450. The van der Waals surface area contributed by atoms with Crippen molar-refractivity contribution in [2.75, 3.05) is 27.4 Å². The Morgan fingerprint density at radius 1 is 1.20 bits per heavy atom. The third-order valence-corrected chi connectivity index (χ3v) is 8.31. The molecule has 2 aromatic heterocycles. The maximum absolute atomic E-state index is 13.5. The molecule has 9 nitrogen and oxygen atoms in total. The molecule has 0 unspecified atom stereocenters. The van der Waals surface area contributed by atoms with E-state index >= 15 is 0 Å². The molecule has 1 aliphatic rings. The Morgan fingerprint density at radius 3 is 2.65 bits per heavy atom. The molecule has 4 rings (SSSR count). The van der Waals surface area contributed by atoms with E-state index in [0.717, 1.165) is 30.0 Å². The number of benzene rings is 1. The van der Waals surface area contributed by atoms with Gasteiger partial charge in [-0.3, -0.25) is 4.79 Å². The number of carbonyl (C=O) groups excluding carboxylic acids is 2. The molecule has 3 aromatic rings. The van der Waals surface area contributed by atoms with Crippen LogP contribution >= 0.6 is 0 Å². The molecule has 0 N–H and O–H groups in total. The Kier molecular flexibility index (Phi) is 9.27. The zero-order valence-electron chi connectivity index (χ0n) is 24.2. The Morgan fingerprint density at radius 2 is 1.98 bits per heavy atom. The molecule has 40 heavy (non-hydrogen) atoms. The highest BCUT2D eigenvalue weighted by Gasteiger charge is 2.22. The molecule has 0 spiro atoms. The molecule has 1 aromatic carbocycles. The van der Waals surface area contributed by atoms with Crippen molar-refractivity contribution in [3.8, 4) is 17.6 Å². The van der Waals surface area contributed by atoms with Crippen LogP contribution < -0.4 is 4.74 Å². The molecule has 0 radical (unpaired) electrons. The van der Waals surface area contributed by atoms with Crippen LogP contribution in [0.1, 0.15) is 51.7 Å². The Hall–Kier alpha value is -3.68. The second-order valence-corrected chi connectivity index (χ2v) is 16.8. The minimum Gasteiger partial charge on any atom is -0.493 e. The molecule has 0 aliphatic heterocycles. The van der Waals surface area contributed by atoms with E-state index in [-0.39, 0.29) is 24.9 Å². The van der Waals surface area contributed by atoms with E-state index in [9.17, 15) is 9.59 Å². The third kappa shape index (κ3) is 7.28. The van der Waals surface area contributed by atoms with E-state index in [2.05, 4.69) is 41.6 Å². The van der Waals surface area contributed by atoms with Gasteiger partial charge in [0.15, 0.2) is 5.69 Å². The largest absolute Gasteiger partial charge is 0.493 e. The lowest BCUT2D eigenvalue weighted by Gasteiger charge is -2.20. The highest BCUT2D eigenvalue weighted by atomic mass is 28.3. The molecule has 1 saturated carbocycles. The van der Waals surface area contributed by atoms with Crippen molar-refractivity contribution in [1.29, 1.82) is 0 Å². The van der Waals surface area contributed by atoms with Gasteiger partial charge in [-0.1, -0.05) is 31.5 Å². The number of pyridine rings is 1. The predicted octanol–water partition coefficient (Wildman–Crippen LogP) is 4.96. The topological polar surface area (TPSA) is 95.8 Å². The Balaban J connectivity index is 1.59. The highest BCUT2D eigenvalue weighted by molar-refractivity contribution is 6.76. The normalized spacial score (nSPS) is 13.1. The lowest BCUT2D eigenvalue weighted by molar-refractivity contribution is 0.0595. The lowest BCUT2D eigenvalue weighted by Crippen LogP contribution is -2.27. The number of hydrogen-bond acceptors (Lipinski definition) is 7. The fourth-order valence-electron chi connectivity index (χ4n) is 4.16. The van der Waals surface area contributed by atoms with Crippen LogP contribution in [-0.4, -0.2) is 67.0 Å². The van der Waals surface area contributed by atoms with E-state index in [1.165, 1.54) is 7.11 Å². The van der Waals surface area contributed by atoms with Crippen molar-refractivity contribution in [2.24, 2.45) is 5.92 Å². The van der Waals surface area contributed by atoms with Crippen LogP contribution in [0.15, 0.2) is 30.6 Å². The first kappa shape index (κ1) is 29.3. The van der Waals surface area contributed by atoms with Gasteiger partial charge in [-0.25, -0.2) is 14.5 Å². The summed E-state index contributed by atoms with van der Waals surface area (Å²) in [4.78, 5) is 31.8. The van der Waals surface area contributed by atoms with Crippen LogP contribution in [0.25, 0.3) is 10.9 Å². The van der Waals surface area contributed by atoms with Gasteiger partial charge in [0.1, 0.15) is 12.5 Å². The summed E-state index contributed by atoms with van der Waals surface area (Å²) in [5.41, 5.74) is 2.88. The fourth-order valence-corrected chi connectivity index (χ4v) is 4.92. The molecule has 0 atom stereocenters. The van der Waals surface area contributed by atoms with Gasteiger partial charge in [-0.2, -0.15) is 5.10 Å². The van der Waals surface area contributed by atoms with Gasteiger partial charge in [0, 0.05) is 51.5 Å². The van der Waals surface area contributed by atoms with Crippen LogP contribution in [0.4, 0.5) is 0 Å². The van der Waals surface area contributed by atoms with Gasteiger partial charge in [0.25, 0.3) is 5.91 Å². The SMILES string of the molecule is CCOc1cc(C(=O)N(C)Cc2cnc(C(=O)OC)c3cnn(COCC[Si](C)(C)C)c23)ccc1C#CC1CC1. The average Bonchev–Trinajstić information content (AvgIpc) is 3.66. The second kappa shape index (κ2) is 12.7. The van der Waals surface area contributed by atoms with Crippen molar-refractivity contribution in [3.63, 3.8) is 0 Å². The maximum Gasteiger partial charge on any atom is 0.357 e. The third-order valence-electron chi connectivity index (χ3n) is 6.61. The molecular formula is C30H38N4O5Si. The monoisotopic (exact) mass is 562 g/mol. The van der Waals surface area contributed by atoms with Crippen LogP contribution in [0.3, 0.4) is 0 Å². The summed E-state index contributed by atoms with van der Waals surface area (Å²) >= 11 is 0. The lowest BCUT2D eigenvalue weighted by atomic mass is 10.1. The van der Waals surface area contributed by atoms with Crippen LogP contribution in [-0.2, 0) is 22.7 Å². The van der Waals surface area contributed by atoms with E-state index in [1.54, 1.807) is 41.2 Å². The summed E-state index contributed by atoms with van der Waals surface area (Å²) in [5, 5.41) is 5.03. The van der Waals surface area contributed by atoms with E-state index in [1.807, 2.05) is 13.0 Å². The van der Waals surface area contributed by atoms with E-state index in [4.69, 9.17) is 14.2 Å². The molecule has 1 aliphatic carbocycles. The maximum atomic E-state index is 13.5. The van der Waals surface area contributed by atoms with Crippen LogP contribution in [0.2, 0.25) is 25.7 Å². The van der Waals surface area contributed by atoms with Crippen molar-refractivity contribution in [2.45, 2.75) is 58.7 Å². The number of aromatic nitrogens is 3. The van der Waals surface area contributed by atoms with Crippen LogP contribution in [0.5, 0.6) is 5.75 Å².